The smallest absolute Gasteiger partial charge is 0.224 e. The Labute approximate surface area is 150 Å². The van der Waals surface area contributed by atoms with E-state index < -0.39 is 0 Å². The summed E-state index contributed by atoms with van der Waals surface area (Å²) in [6, 6.07) is 12.2. The van der Waals surface area contributed by atoms with Crippen molar-refractivity contribution in [3.63, 3.8) is 0 Å². The highest BCUT2D eigenvalue weighted by atomic mass is 35.5. The molecule has 0 aliphatic heterocycles. The van der Waals surface area contributed by atoms with Crippen molar-refractivity contribution in [3.05, 3.63) is 70.1 Å². The Morgan fingerprint density at radius 1 is 1.24 bits per heavy atom. The maximum atomic E-state index is 13.6. The van der Waals surface area contributed by atoms with Gasteiger partial charge in [0.15, 0.2) is 0 Å². The molecule has 2 N–H and O–H groups in total. The normalized spacial score (nSPS) is 16.6. The van der Waals surface area contributed by atoms with Gasteiger partial charge in [-0.15, -0.1) is 0 Å². The Morgan fingerprint density at radius 2 is 2.04 bits per heavy atom. The van der Waals surface area contributed by atoms with E-state index in [1.165, 1.54) is 6.07 Å². The zero-order chi connectivity index (χ0) is 17.4. The van der Waals surface area contributed by atoms with Crippen molar-refractivity contribution in [1.29, 1.82) is 0 Å². The van der Waals surface area contributed by atoms with Crippen LogP contribution in [0.2, 0.25) is 5.02 Å². The van der Waals surface area contributed by atoms with E-state index in [-0.39, 0.29) is 17.8 Å². The topological polar surface area (TPSA) is 44.9 Å². The molecule has 0 saturated heterocycles. The second-order valence-electron chi connectivity index (χ2n) is 6.58. The van der Waals surface area contributed by atoms with Crippen molar-refractivity contribution in [2.75, 3.05) is 0 Å². The van der Waals surface area contributed by atoms with E-state index in [1.807, 2.05) is 12.1 Å². The summed E-state index contributed by atoms with van der Waals surface area (Å²) in [5.74, 6) is -0.231. The third-order valence-corrected chi connectivity index (χ3v) is 5.04. The standard InChI is InChI=1S/C20H18ClFN2O/c21-13-3-1-12(2-4-13)9-20(25)23-15-6-8-19-17(11-15)16-10-14(22)5-7-18(16)24-19/h1-5,7,10,15,24H,6,8-9,11H2,(H,23,25). The summed E-state index contributed by atoms with van der Waals surface area (Å²) in [4.78, 5) is 15.7. The molecule has 0 spiro atoms. The Kier molecular flexibility index (Phi) is 4.22. The number of aryl methyl sites for hydroxylation is 1. The van der Waals surface area contributed by atoms with Crippen LogP contribution in [0.4, 0.5) is 4.39 Å². The number of H-pyrrole nitrogens is 1. The number of amides is 1. The van der Waals surface area contributed by atoms with Crippen LogP contribution < -0.4 is 5.32 Å². The van der Waals surface area contributed by atoms with E-state index in [1.54, 1.807) is 24.3 Å². The second kappa shape index (κ2) is 6.52. The quantitative estimate of drug-likeness (QED) is 0.726. The van der Waals surface area contributed by atoms with E-state index in [0.717, 1.165) is 47.0 Å². The van der Waals surface area contributed by atoms with Gasteiger partial charge in [0.1, 0.15) is 5.82 Å². The fraction of sp³-hybridized carbons (Fsp3) is 0.250. The van der Waals surface area contributed by atoms with Gasteiger partial charge in [0.25, 0.3) is 0 Å². The maximum Gasteiger partial charge on any atom is 0.224 e. The van der Waals surface area contributed by atoms with Crippen LogP contribution in [0.1, 0.15) is 23.2 Å². The highest BCUT2D eigenvalue weighted by Crippen LogP contribution is 2.29. The highest BCUT2D eigenvalue weighted by molar-refractivity contribution is 6.30. The lowest BCUT2D eigenvalue weighted by Crippen LogP contribution is -2.39. The molecule has 1 aromatic heterocycles. The molecule has 0 bridgehead atoms. The predicted molar refractivity (Wildman–Crippen MR) is 97.4 cm³/mol. The average molecular weight is 357 g/mol. The summed E-state index contributed by atoms with van der Waals surface area (Å²) in [5.41, 5.74) is 4.17. The van der Waals surface area contributed by atoms with Crippen LogP contribution in [-0.2, 0) is 24.1 Å². The molecule has 25 heavy (non-hydrogen) atoms. The number of carbonyl (C=O) groups is 1. The molecule has 1 atom stereocenters. The van der Waals surface area contributed by atoms with E-state index in [0.29, 0.717) is 11.4 Å². The van der Waals surface area contributed by atoms with Crippen molar-refractivity contribution in [2.45, 2.75) is 31.7 Å². The first kappa shape index (κ1) is 16.2. The van der Waals surface area contributed by atoms with Crippen LogP contribution in [0, 0.1) is 5.82 Å². The van der Waals surface area contributed by atoms with Crippen molar-refractivity contribution < 1.29 is 9.18 Å². The summed E-state index contributed by atoms with van der Waals surface area (Å²) >= 11 is 5.87. The number of benzene rings is 2. The number of hydrogen-bond donors (Lipinski definition) is 2. The van der Waals surface area contributed by atoms with E-state index >= 15 is 0 Å². The number of rotatable bonds is 3. The van der Waals surface area contributed by atoms with Gasteiger partial charge in [-0.3, -0.25) is 4.79 Å². The minimum absolute atomic E-state index is 0.00166. The van der Waals surface area contributed by atoms with Gasteiger partial charge in [-0.25, -0.2) is 4.39 Å². The third kappa shape index (κ3) is 3.40. The lowest BCUT2D eigenvalue weighted by molar-refractivity contribution is -0.121. The lowest BCUT2D eigenvalue weighted by atomic mass is 9.91. The van der Waals surface area contributed by atoms with Gasteiger partial charge in [-0.1, -0.05) is 23.7 Å². The number of fused-ring (bicyclic) bond motifs is 3. The number of halogens is 2. The molecular weight excluding hydrogens is 339 g/mol. The molecule has 3 aromatic rings. The van der Waals surface area contributed by atoms with Crippen LogP contribution >= 0.6 is 11.6 Å². The first-order chi connectivity index (χ1) is 12.1. The summed E-state index contributed by atoms with van der Waals surface area (Å²) in [7, 11) is 0. The van der Waals surface area contributed by atoms with Gasteiger partial charge in [0.2, 0.25) is 5.91 Å². The molecule has 1 unspecified atom stereocenters. The Morgan fingerprint density at radius 3 is 2.84 bits per heavy atom. The van der Waals surface area contributed by atoms with Gasteiger partial charge in [0.05, 0.1) is 6.42 Å². The molecule has 0 saturated carbocycles. The minimum atomic E-state index is -0.233. The van der Waals surface area contributed by atoms with Crippen molar-refractivity contribution >= 4 is 28.4 Å². The summed E-state index contributed by atoms with van der Waals surface area (Å²) in [6.07, 6.45) is 2.81. The molecule has 3 nitrogen and oxygen atoms in total. The van der Waals surface area contributed by atoms with Gasteiger partial charge in [0, 0.05) is 27.7 Å². The monoisotopic (exact) mass is 356 g/mol. The third-order valence-electron chi connectivity index (χ3n) is 4.79. The van der Waals surface area contributed by atoms with Gasteiger partial charge in [-0.2, -0.15) is 0 Å². The zero-order valence-electron chi connectivity index (χ0n) is 13.6. The van der Waals surface area contributed by atoms with Crippen molar-refractivity contribution in [2.24, 2.45) is 0 Å². The van der Waals surface area contributed by atoms with Crippen LogP contribution in [-0.4, -0.2) is 16.9 Å². The average Bonchev–Trinajstić information content (AvgIpc) is 2.94. The number of carbonyl (C=O) groups excluding carboxylic acids is 1. The molecule has 1 amide bonds. The molecule has 1 aliphatic rings. The lowest BCUT2D eigenvalue weighted by Gasteiger charge is -2.23. The Balaban J connectivity index is 1.46. The maximum absolute atomic E-state index is 13.6. The first-order valence-corrected chi connectivity index (χ1v) is 8.79. The fourth-order valence-corrected chi connectivity index (χ4v) is 3.70. The summed E-state index contributed by atoms with van der Waals surface area (Å²) < 4.78 is 13.6. The predicted octanol–water partition coefficient (Wildman–Crippen LogP) is 4.18. The largest absolute Gasteiger partial charge is 0.358 e. The molecule has 1 aliphatic carbocycles. The summed E-state index contributed by atoms with van der Waals surface area (Å²) in [6.45, 7) is 0. The van der Waals surface area contributed by atoms with Gasteiger partial charge >= 0.3 is 0 Å². The Hall–Kier alpha value is -2.33. The molecule has 2 aromatic carbocycles. The molecular formula is C20H18ClFN2O. The van der Waals surface area contributed by atoms with E-state index in [4.69, 9.17) is 11.6 Å². The molecule has 0 radical (unpaired) electrons. The van der Waals surface area contributed by atoms with Gasteiger partial charge in [-0.05, 0) is 60.7 Å². The zero-order valence-corrected chi connectivity index (χ0v) is 14.4. The van der Waals surface area contributed by atoms with Crippen LogP contribution in [0.3, 0.4) is 0 Å². The Bertz CT molecular complexity index is 933. The number of aromatic nitrogens is 1. The molecule has 5 heteroatoms. The second-order valence-corrected chi connectivity index (χ2v) is 7.02. The molecule has 4 rings (SSSR count). The van der Waals surface area contributed by atoms with E-state index in [9.17, 15) is 9.18 Å². The van der Waals surface area contributed by atoms with Crippen LogP contribution in [0.15, 0.2) is 42.5 Å². The number of hydrogen-bond acceptors (Lipinski definition) is 1. The highest BCUT2D eigenvalue weighted by Gasteiger charge is 2.23. The van der Waals surface area contributed by atoms with Crippen molar-refractivity contribution in [3.8, 4) is 0 Å². The van der Waals surface area contributed by atoms with E-state index in [2.05, 4.69) is 10.3 Å². The first-order valence-electron chi connectivity index (χ1n) is 8.41. The fourth-order valence-electron chi connectivity index (χ4n) is 3.58. The molecule has 1 heterocycles. The van der Waals surface area contributed by atoms with Gasteiger partial charge < -0.3 is 10.3 Å². The summed E-state index contributed by atoms with van der Waals surface area (Å²) in [5, 5.41) is 4.70. The van der Waals surface area contributed by atoms with Crippen LogP contribution in [0.25, 0.3) is 10.9 Å². The minimum Gasteiger partial charge on any atom is -0.358 e. The molecule has 0 fully saturated rings. The molecule has 128 valence electrons. The number of aromatic amines is 1. The number of nitrogens with one attached hydrogen (secondary N) is 2. The van der Waals surface area contributed by atoms with Crippen LogP contribution in [0.5, 0.6) is 0 Å². The van der Waals surface area contributed by atoms with Crippen molar-refractivity contribution in [1.82, 2.24) is 10.3 Å². The SMILES string of the molecule is O=C(Cc1ccc(Cl)cc1)NC1CCc2[nH]c3ccc(F)cc3c2C1.